The van der Waals surface area contributed by atoms with Gasteiger partial charge in [-0.3, -0.25) is 4.79 Å². The quantitative estimate of drug-likeness (QED) is 0.620. The van der Waals surface area contributed by atoms with Crippen molar-refractivity contribution in [3.63, 3.8) is 0 Å². The molecule has 1 aliphatic carbocycles. The van der Waals surface area contributed by atoms with E-state index >= 15 is 0 Å². The minimum absolute atomic E-state index is 0.0675. The largest absolute Gasteiger partial charge is 0.463 e. The molecule has 0 radical (unpaired) electrons. The number of furan rings is 1. The fourth-order valence-electron chi connectivity index (χ4n) is 4.24. The zero-order valence-corrected chi connectivity index (χ0v) is 16.9. The zero-order chi connectivity index (χ0) is 19.7. The number of carbonyl (C=O) groups is 1. The number of hydrogen-bond acceptors (Lipinski definition) is 4. The minimum Gasteiger partial charge on any atom is -0.463 e. The third-order valence-corrected chi connectivity index (χ3v) is 5.68. The van der Waals surface area contributed by atoms with E-state index in [1.807, 2.05) is 27.8 Å². The van der Waals surface area contributed by atoms with Crippen molar-refractivity contribution >= 4 is 16.9 Å². The molecule has 0 unspecified atom stereocenters. The van der Waals surface area contributed by atoms with Crippen molar-refractivity contribution in [3.05, 3.63) is 36.2 Å². The molecule has 0 saturated heterocycles. The molecule has 0 bridgehead atoms. The molecule has 6 nitrogen and oxygen atoms in total. The minimum atomic E-state index is 0.0675. The lowest BCUT2D eigenvalue weighted by molar-refractivity contribution is 0.0650. The fourth-order valence-corrected chi connectivity index (χ4v) is 4.24. The van der Waals surface area contributed by atoms with Gasteiger partial charge in [0.15, 0.2) is 11.4 Å². The summed E-state index contributed by atoms with van der Waals surface area (Å²) in [5.74, 6) is 0.728. The summed E-state index contributed by atoms with van der Waals surface area (Å²) in [6, 6.07) is 6.04. The van der Waals surface area contributed by atoms with Gasteiger partial charge >= 0.3 is 0 Å². The zero-order valence-electron chi connectivity index (χ0n) is 16.9. The maximum atomic E-state index is 13.6. The number of fused-ring (bicyclic) bond motifs is 1. The summed E-state index contributed by atoms with van der Waals surface area (Å²) in [6.07, 6.45) is 9.24. The monoisotopic (exact) mass is 380 g/mol. The molecule has 148 valence electrons. The number of hydrogen-bond donors (Lipinski definition) is 0. The molecule has 1 fully saturated rings. The highest BCUT2D eigenvalue weighted by atomic mass is 16.3. The molecular weight excluding hydrogens is 352 g/mol. The number of pyridine rings is 1. The Morgan fingerprint density at radius 3 is 2.75 bits per heavy atom. The Hall–Kier alpha value is -2.63. The Bertz CT molecular complexity index is 952. The summed E-state index contributed by atoms with van der Waals surface area (Å²) < 4.78 is 7.44. The van der Waals surface area contributed by atoms with Crippen molar-refractivity contribution < 1.29 is 9.21 Å². The molecule has 1 aliphatic rings. The van der Waals surface area contributed by atoms with Crippen LogP contribution in [0.15, 0.2) is 35.1 Å². The van der Waals surface area contributed by atoms with Crippen molar-refractivity contribution in [1.82, 2.24) is 19.7 Å². The molecule has 1 amide bonds. The Labute approximate surface area is 165 Å². The Balaban J connectivity index is 1.83. The van der Waals surface area contributed by atoms with E-state index in [1.54, 1.807) is 12.5 Å². The first-order chi connectivity index (χ1) is 13.6. The predicted molar refractivity (Wildman–Crippen MR) is 109 cm³/mol. The second kappa shape index (κ2) is 7.78. The molecule has 3 aromatic heterocycles. The van der Waals surface area contributed by atoms with E-state index in [4.69, 9.17) is 9.40 Å². The lowest BCUT2D eigenvalue weighted by atomic mass is 9.93. The lowest BCUT2D eigenvalue weighted by Crippen LogP contribution is -2.41. The summed E-state index contributed by atoms with van der Waals surface area (Å²) in [4.78, 5) is 20.4. The van der Waals surface area contributed by atoms with Gasteiger partial charge in [-0.05, 0) is 51.8 Å². The van der Waals surface area contributed by atoms with E-state index < -0.39 is 0 Å². The highest BCUT2D eigenvalue weighted by molar-refractivity contribution is 6.06. The molecule has 0 spiro atoms. The Kier molecular flexibility index (Phi) is 5.20. The van der Waals surface area contributed by atoms with Crippen LogP contribution < -0.4 is 0 Å². The molecule has 0 aromatic carbocycles. The smallest absolute Gasteiger partial charge is 0.254 e. The van der Waals surface area contributed by atoms with Gasteiger partial charge in [-0.1, -0.05) is 19.3 Å². The van der Waals surface area contributed by atoms with Crippen molar-refractivity contribution in [2.75, 3.05) is 6.54 Å². The number of carbonyl (C=O) groups excluding carboxylic acids is 1. The molecule has 0 aliphatic heterocycles. The number of rotatable bonds is 5. The second-order valence-electron chi connectivity index (χ2n) is 7.84. The van der Waals surface area contributed by atoms with E-state index in [-0.39, 0.29) is 11.9 Å². The van der Waals surface area contributed by atoms with Crippen molar-refractivity contribution in [2.24, 2.45) is 0 Å². The molecule has 1 saturated carbocycles. The fraction of sp³-hybridized carbons (Fsp3) is 0.500. The maximum absolute atomic E-state index is 13.6. The summed E-state index contributed by atoms with van der Waals surface area (Å²) in [7, 11) is 0. The standard InChI is InChI=1S/C22H28N4O2/c1-4-25(16-9-6-5-7-10-16)22(27)17-13-19(20-11-8-12-28-20)24-21-18(17)14-23-26(21)15(2)3/h8,11-16H,4-7,9-10H2,1-3H3. The molecule has 0 atom stereocenters. The van der Waals surface area contributed by atoms with E-state index in [2.05, 4.69) is 25.9 Å². The summed E-state index contributed by atoms with van der Waals surface area (Å²) in [5, 5.41) is 5.32. The molecule has 6 heteroatoms. The van der Waals surface area contributed by atoms with Gasteiger partial charge in [0, 0.05) is 18.6 Å². The molecule has 4 rings (SSSR count). The van der Waals surface area contributed by atoms with Gasteiger partial charge in [-0.15, -0.1) is 0 Å². The highest BCUT2D eigenvalue weighted by Crippen LogP contribution is 2.30. The van der Waals surface area contributed by atoms with E-state index in [0.29, 0.717) is 29.6 Å². The van der Waals surface area contributed by atoms with Crippen LogP contribution in [0.4, 0.5) is 0 Å². The van der Waals surface area contributed by atoms with E-state index in [9.17, 15) is 4.79 Å². The lowest BCUT2D eigenvalue weighted by Gasteiger charge is -2.33. The van der Waals surface area contributed by atoms with Crippen molar-refractivity contribution in [1.29, 1.82) is 0 Å². The topological polar surface area (TPSA) is 64.2 Å². The van der Waals surface area contributed by atoms with Gasteiger partial charge in [-0.25, -0.2) is 9.67 Å². The SMILES string of the molecule is CCN(C(=O)c1cc(-c2ccco2)nc2c1cnn2C(C)C)C1CCCCC1. The van der Waals surface area contributed by atoms with Gasteiger partial charge in [0.25, 0.3) is 5.91 Å². The number of aromatic nitrogens is 3. The van der Waals surface area contributed by atoms with Gasteiger partial charge in [-0.2, -0.15) is 5.10 Å². The first-order valence-corrected chi connectivity index (χ1v) is 10.3. The van der Waals surface area contributed by atoms with Crippen LogP contribution >= 0.6 is 0 Å². The van der Waals surface area contributed by atoms with Crippen molar-refractivity contribution in [2.45, 2.75) is 65.0 Å². The normalized spacial score (nSPS) is 15.4. The van der Waals surface area contributed by atoms with Crippen LogP contribution in [0.2, 0.25) is 0 Å². The van der Waals surface area contributed by atoms with Crippen LogP contribution in [0.1, 0.15) is 69.3 Å². The van der Waals surface area contributed by atoms with Crippen LogP contribution in [-0.4, -0.2) is 38.2 Å². The highest BCUT2D eigenvalue weighted by Gasteiger charge is 2.28. The Morgan fingerprint density at radius 2 is 2.11 bits per heavy atom. The first kappa shape index (κ1) is 18.7. The van der Waals surface area contributed by atoms with E-state index in [0.717, 1.165) is 23.9 Å². The summed E-state index contributed by atoms with van der Waals surface area (Å²) >= 11 is 0. The van der Waals surface area contributed by atoms with Crippen LogP contribution in [0.3, 0.4) is 0 Å². The summed E-state index contributed by atoms with van der Waals surface area (Å²) in [6.45, 7) is 6.91. The van der Waals surface area contributed by atoms with Gasteiger partial charge < -0.3 is 9.32 Å². The van der Waals surface area contributed by atoms with Crippen LogP contribution in [0, 0.1) is 0 Å². The van der Waals surface area contributed by atoms with Crippen LogP contribution in [0.5, 0.6) is 0 Å². The van der Waals surface area contributed by atoms with Gasteiger partial charge in [0.1, 0.15) is 5.69 Å². The average Bonchev–Trinajstić information content (AvgIpc) is 3.38. The third-order valence-electron chi connectivity index (χ3n) is 5.68. The predicted octanol–water partition coefficient (Wildman–Crippen LogP) is 5.07. The number of amides is 1. The second-order valence-corrected chi connectivity index (χ2v) is 7.84. The average molecular weight is 380 g/mol. The first-order valence-electron chi connectivity index (χ1n) is 10.3. The number of nitrogens with zero attached hydrogens (tertiary/aromatic N) is 4. The van der Waals surface area contributed by atoms with Gasteiger partial charge in [0.05, 0.1) is 23.4 Å². The maximum Gasteiger partial charge on any atom is 0.254 e. The van der Waals surface area contributed by atoms with Gasteiger partial charge in [0.2, 0.25) is 0 Å². The van der Waals surface area contributed by atoms with Crippen molar-refractivity contribution in [3.8, 4) is 11.5 Å². The Morgan fingerprint density at radius 1 is 1.32 bits per heavy atom. The molecular formula is C22H28N4O2. The van der Waals surface area contributed by atoms with E-state index in [1.165, 1.54) is 19.3 Å². The molecule has 3 heterocycles. The molecule has 3 aromatic rings. The summed E-state index contributed by atoms with van der Waals surface area (Å²) in [5.41, 5.74) is 2.06. The molecule has 0 N–H and O–H groups in total. The van der Waals surface area contributed by atoms with Crippen LogP contribution in [0.25, 0.3) is 22.5 Å². The molecule has 28 heavy (non-hydrogen) atoms. The third kappa shape index (κ3) is 3.32. The van der Waals surface area contributed by atoms with Crippen LogP contribution in [-0.2, 0) is 0 Å².